The van der Waals surface area contributed by atoms with E-state index in [9.17, 15) is 4.79 Å². The second-order valence-electron chi connectivity index (χ2n) is 4.61. The summed E-state index contributed by atoms with van der Waals surface area (Å²) in [7, 11) is 0. The minimum atomic E-state index is 0.150. The highest BCUT2D eigenvalue weighted by Crippen LogP contribution is 2.23. The minimum Gasteiger partial charge on any atom is -0.493 e. The molecule has 1 rings (SSSR count). The second-order valence-corrected chi connectivity index (χ2v) is 5.98. The first-order valence-corrected chi connectivity index (χ1v) is 7.47. The maximum Gasteiger partial charge on any atom is 0.176 e. The van der Waals surface area contributed by atoms with Crippen LogP contribution in [0.4, 0.5) is 0 Å². The molecule has 0 fully saturated rings. The van der Waals surface area contributed by atoms with Gasteiger partial charge < -0.3 is 4.74 Å². The average molecular weight is 266 g/mol. The minimum absolute atomic E-state index is 0.150. The van der Waals surface area contributed by atoms with Crippen LogP contribution >= 0.6 is 11.8 Å². The summed E-state index contributed by atoms with van der Waals surface area (Å²) >= 11 is 1.71. The summed E-state index contributed by atoms with van der Waals surface area (Å²) in [5.74, 6) is 1.95. The second kappa shape index (κ2) is 7.47. The average Bonchev–Trinajstić information content (AvgIpc) is 2.36. The van der Waals surface area contributed by atoms with Crippen molar-refractivity contribution in [1.29, 1.82) is 0 Å². The number of rotatable bonds is 7. The zero-order valence-electron chi connectivity index (χ0n) is 11.6. The SMILES string of the molecule is CCOc1ccccc1C(=O)CSC(C)C(C)C. The van der Waals surface area contributed by atoms with E-state index >= 15 is 0 Å². The Bertz CT molecular complexity index is 388. The lowest BCUT2D eigenvalue weighted by molar-refractivity contribution is 0.101. The van der Waals surface area contributed by atoms with E-state index in [2.05, 4.69) is 20.8 Å². The van der Waals surface area contributed by atoms with Gasteiger partial charge in [-0.15, -0.1) is 0 Å². The van der Waals surface area contributed by atoms with Gasteiger partial charge in [-0.1, -0.05) is 32.9 Å². The third-order valence-corrected chi connectivity index (χ3v) is 4.40. The lowest BCUT2D eigenvalue weighted by atomic mass is 10.1. The molecule has 0 radical (unpaired) electrons. The number of benzene rings is 1. The predicted molar refractivity (Wildman–Crippen MR) is 78.7 cm³/mol. The molecule has 0 N–H and O–H groups in total. The van der Waals surface area contributed by atoms with Crippen molar-refractivity contribution in [2.45, 2.75) is 32.9 Å². The van der Waals surface area contributed by atoms with Crippen LogP contribution in [0.5, 0.6) is 5.75 Å². The van der Waals surface area contributed by atoms with E-state index in [1.165, 1.54) is 0 Å². The Labute approximate surface area is 114 Å². The van der Waals surface area contributed by atoms with Gasteiger partial charge in [-0.05, 0) is 25.0 Å². The molecule has 0 aliphatic rings. The fourth-order valence-corrected chi connectivity index (χ4v) is 2.41. The monoisotopic (exact) mass is 266 g/mol. The molecule has 0 amide bonds. The number of para-hydroxylation sites is 1. The van der Waals surface area contributed by atoms with Gasteiger partial charge in [-0.3, -0.25) is 4.79 Å². The Balaban J connectivity index is 2.66. The van der Waals surface area contributed by atoms with Gasteiger partial charge in [0.2, 0.25) is 0 Å². The molecule has 1 unspecified atom stereocenters. The molecule has 3 heteroatoms. The number of thioether (sulfide) groups is 1. The summed E-state index contributed by atoms with van der Waals surface area (Å²) in [4.78, 5) is 12.2. The molecule has 100 valence electrons. The van der Waals surface area contributed by atoms with Gasteiger partial charge >= 0.3 is 0 Å². The molecule has 1 aromatic rings. The van der Waals surface area contributed by atoms with E-state index in [0.29, 0.717) is 34.8 Å². The molecule has 1 atom stereocenters. The lowest BCUT2D eigenvalue weighted by Crippen LogP contribution is -2.12. The van der Waals surface area contributed by atoms with Crippen LogP contribution in [-0.2, 0) is 0 Å². The summed E-state index contributed by atoms with van der Waals surface area (Å²) in [6, 6.07) is 7.47. The zero-order valence-corrected chi connectivity index (χ0v) is 12.4. The normalized spacial score (nSPS) is 12.5. The Kier molecular flexibility index (Phi) is 6.27. The largest absolute Gasteiger partial charge is 0.493 e. The Morgan fingerprint density at radius 3 is 2.56 bits per heavy atom. The van der Waals surface area contributed by atoms with Gasteiger partial charge in [0.15, 0.2) is 5.78 Å². The number of carbonyl (C=O) groups excluding carboxylic acids is 1. The van der Waals surface area contributed by atoms with Crippen molar-refractivity contribution < 1.29 is 9.53 Å². The third-order valence-electron chi connectivity index (χ3n) is 2.90. The molecule has 0 spiro atoms. The molecule has 2 nitrogen and oxygen atoms in total. The van der Waals surface area contributed by atoms with Gasteiger partial charge in [0.1, 0.15) is 5.75 Å². The quantitative estimate of drug-likeness (QED) is 0.697. The molecule has 0 bridgehead atoms. The highest BCUT2D eigenvalue weighted by atomic mass is 32.2. The van der Waals surface area contributed by atoms with Crippen molar-refractivity contribution in [2.24, 2.45) is 5.92 Å². The maximum absolute atomic E-state index is 12.2. The van der Waals surface area contributed by atoms with Gasteiger partial charge in [0, 0.05) is 5.25 Å². The molecule has 1 aromatic carbocycles. The van der Waals surface area contributed by atoms with Crippen LogP contribution in [0.2, 0.25) is 0 Å². The fraction of sp³-hybridized carbons (Fsp3) is 0.533. The van der Waals surface area contributed by atoms with Crippen LogP contribution in [0.3, 0.4) is 0 Å². The zero-order chi connectivity index (χ0) is 13.5. The number of ether oxygens (including phenoxy) is 1. The summed E-state index contributed by atoms with van der Waals surface area (Å²) < 4.78 is 5.48. The summed E-state index contributed by atoms with van der Waals surface area (Å²) in [6.07, 6.45) is 0. The van der Waals surface area contributed by atoms with E-state index < -0.39 is 0 Å². The van der Waals surface area contributed by atoms with Gasteiger partial charge in [-0.25, -0.2) is 0 Å². The van der Waals surface area contributed by atoms with Crippen LogP contribution < -0.4 is 4.74 Å². The van der Waals surface area contributed by atoms with Gasteiger partial charge in [0.05, 0.1) is 17.9 Å². The summed E-state index contributed by atoms with van der Waals surface area (Å²) in [5, 5.41) is 0.494. The van der Waals surface area contributed by atoms with Gasteiger partial charge in [-0.2, -0.15) is 11.8 Å². The van der Waals surface area contributed by atoms with Crippen LogP contribution in [0.25, 0.3) is 0 Å². The van der Waals surface area contributed by atoms with Crippen molar-refractivity contribution in [3.63, 3.8) is 0 Å². The molecule has 0 saturated heterocycles. The first kappa shape index (κ1) is 15.1. The molecule has 0 saturated carbocycles. The molecule has 18 heavy (non-hydrogen) atoms. The topological polar surface area (TPSA) is 26.3 Å². The van der Waals surface area contributed by atoms with Crippen LogP contribution in [-0.4, -0.2) is 23.4 Å². The number of ketones is 1. The van der Waals surface area contributed by atoms with E-state index in [-0.39, 0.29) is 5.78 Å². The van der Waals surface area contributed by atoms with Crippen LogP contribution in [0, 0.1) is 5.92 Å². The van der Waals surface area contributed by atoms with Crippen LogP contribution in [0.15, 0.2) is 24.3 Å². The van der Waals surface area contributed by atoms with E-state index in [1.54, 1.807) is 11.8 Å². The number of Topliss-reactive ketones (excluding diaryl/α,β-unsaturated/α-hetero) is 1. The number of hydrogen-bond donors (Lipinski definition) is 0. The standard InChI is InChI=1S/C15H22O2S/c1-5-17-15-9-7-6-8-13(15)14(16)10-18-12(4)11(2)3/h6-9,11-12H,5,10H2,1-4H3. The van der Waals surface area contributed by atoms with E-state index in [4.69, 9.17) is 4.74 Å². The highest BCUT2D eigenvalue weighted by molar-refractivity contribution is 8.00. The first-order valence-electron chi connectivity index (χ1n) is 6.42. The predicted octanol–water partition coefficient (Wildman–Crippen LogP) is 4.05. The summed E-state index contributed by atoms with van der Waals surface area (Å²) in [5.41, 5.74) is 0.697. The number of carbonyl (C=O) groups is 1. The molecule has 0 heterocycles. The highest BCUT2D eigenvalue weighted by Gasteiger charge is 2.15. The van der Waals surface area contributed by atoms with Crippen LogP contribution in [0.1, 0.15) is 38.1 Å². The van der Waals surface area contributed by atoms with Crippen molar-refractivity contribution >= 4 is 17.5 Å². The smallest absolute Gasteiger partial charge is 0.176 e. The molecular formula is C15H22O2S. The van der Waals surface area contributed by atoms with Crippen molar-refractivity contribution in [2.75, 3.05) is 12.4 Å². The number of hydrogen-bond acceptors (Lipinski definition) is 3. The Morgan fingerprint density at radius 2 is 1.94 bits per heavy atom. The Hall–Kier alpha value is -0.960. The van der Waals surface area contributed by atoms with E-state index in [1.807, 2.05) is 31.2 Å². The molecule has 0 aliphatic carbocycles. The molecular weight excluding hydrogens is 244 g/mol. The third kappa shape index (κ3) is 4.37. The lowest BCUT2D eigenvalue weighted by Gasteiger charge is -2.15. The first-order chi connectivity index (χ1) is 8.56. The van der Waals surface area contributed by atoms with Crippen molar-refractivity contribution in [1.82, 2.24) is 0 Å². The van der Waals surface area contributed by atoms with Crippen molar-refractivity contribution in [3.8, 4) is 5.75 Å². The molecule has 0 aromatic heterocycles. The molecule has 0 aliphatic heterocycles. The van der Waals surface area contributed by atoms with Crippen molar-refractivity contribution in [3.05, 3.63) is 29.8 Å². The van der Waals surface area contributed by atoms with E-state index in [0.717, 1.165) is 0 Å². The summed E-state index contributed by atoms with van der Waals surface area (Å²) in [6.45, 7) is 9.03. The fourth-order valence-electron chi connectivity index (χ4n) is 1.46. The maximum atomic E-state index is 12.2. The Morgan fingerprint density at radius 1 is 1.28 bits per heavy atom. The van der Waals surface area contributed by atoms with Gasteiger partial charge in [0.25, 0.3) is 0 Å².